The van der Waals surface area contributed by atoms with Crippen molar-refractivity contribution in [3.05, 3.63) is 241 Å². The molecule has 0 bridgehead atoms. The molecule has 0 saturated carbocycles. The maximum Gasteiger partial charge on any atom is 0.338 e. The first-order valence-electron chi connectivity index (χ1n) is 19.5. The minimum atomic E-state index is -1.30. The summed E-state index contributed by atoms with van der Waals surface area (Å²) in [6, 6.07) is 73.8. The lowest BCUT2D eigenvalue weighted by molar-refractivity contribution is 0.0601. The topological polar surface area (TPSA) is 46.5 Å². The second-order valence-corrected chi connectivity index (χ2v) is 14.4. The van der Waals surface area contributed by atoms with Crippen molar-refractivity contribution in [2.45, 2.75) is 5.60 Å². The molecule has 10 aromatic rings. The van der Waals surface area contributed by atoms with Gasteiger partial charge in [-0.15, -0.1) is 0 Å². The van der Waals surface area contributed by atoms with Crippen LogP contribution in [-0.4, -0.2) is 18.2 Å². The summed E-state index contributed by atoms with van der Waals surface area (Å²) < 4.78 is 4.96. The van der Waals surface area contributed by atoms with Crippen LogP contribution in [0.15, 0.2) is 218 Å². The molecule has 0 aliphatic heterocycles. The first-order chi connectivity index (χ1) is 28.6. The number of carbonyl (C=O) groups is 1. The number of esters is 1. The fourth-order valence-electron chi connectivity index (χ4n) is 8.43. The van der Waals surface area contributed by atoms with Crippen LogP contribution in [0.4, 0.5) is 0 Å². The molecule has 10 aromatic carbocycles. The van der Waals surface area contributed by atoms with Gasteiger partial charge in [0.25, 0.3) is 0 Å². The van der Waals surface area contributed by atoms with Crippen molar-refractivity contribution in [2.75, 3.05) is 7.11 Å². The van der Waals surface area contributed by atoms with Gasteiger partial charge in [0, 0.05) is 5.56 Å². The van der Waals surface area contributed by atoms with Gasteiger partial charge in [-0.1, -0.05) is 200 Å². The predicted molar refractivity (Wildman–Crippen MR) is 240 cm³/mol. The second-order valence-electron chi connectivity index (χ2n) is 14.4. The Bertz CT molecular complexity index is 3040. The van der Waals surface area contributed by atoms with E-state index in [-0.39, 0.29) is 5.97 Å². The van der Waals surface area contributed by atoms with Gasteiger partial charge in [0.05, 0.1) is 12.7 Å². The van der Waals surface area contributed by atoms with Gasteiger partial charge < -0.3 is 9.84 Å². The number of fused-ring (bicyclic) bond motifs is 6. The van der Waals surface area contributed by atoms with Crippen molar-refractivity contribution in [3.63, 3.8) is 0 Å². The van der Waals surface area contributed by atoms with Gasteiger partial charge in [0.2, 0.25) is 0 Å². The van der Waals surface area contributed by atoms with E-state index in [2.05, 4.69) is 109 Å². The smallest absolute Gasteiger partial charge is 0.338 e. The third kappa shape index (κ3) is 6.48. The average molecular weight is 749 g/mol. The molecule has 278 valence electrons. The molecule has 0 saturated heterocycles. The van der Waals surface area contributed by atoms with Crippen molar-refractivity contribution in [2.24, 2.45) is 0 Å². The molecule has 0 amide bonds. The zero-order chi connectivity index (χ0) is 39.5. The highest BCUT2D eigenvalue weighted by atomic mass is 16.5. The van der Waals surface area contributed by atoms with E-state index in [1.807, 2.05) is 109 Å². The maximum absolute atomic E-state index is 12.6. The molecular weight excluding hydrogens is 709 g/mol. The summed E-state index contributed by atoms with van der Waals surface area (Å²) in [5, 5.41) is 22.1. The third-order valence-corrected chi connectivity index (χ3v) is 11.1. The summed E-state index contributed by atoms with van der Waals surface area (Å²) in [5.41, 5.74) is 5.93. The Labute approximate surface area is 338 Å². The fraction of sp³-hybridized carbons (Fsp3) is 0.0364. The fourth-order valence-corrected chi connectivity index (χ4v) is 8.43. The molecular formula is C55H40O3. The molecule has 0 spiro atoms. The highest BCUT2D eigenvalue weighted by Gasteiger charge is 2.36. The normalized spacial score (nSPS) is 11.3. The Balaban J connectivity index is 0.000000160. The summed E-state index contributed by atoms with van der Waals surface area (Å²) in [7, 11) is 1.41. The summed E-state index contributed by atoms with van der Waals surface area (Å²) >= 11 is 0. The van der Waals surface area contributed by atoms with Gasteiger partial charge in [-0.2, -0.15) is 0 Å². The van der Waals surface area contributed by atoms with Crippen LogP contribution in [0.1, 0.15) is 27.0 Å². The number of methoxy groups -OCH3 is 1. The van der Waals surface area contributed by atoms with E-state index in [1.165, 1.54) is 39.4 Å². The molecule has 0 fully saturated rings. The molecule has 58 heavy (non-hydrogen) atoms. The highest BCUT2D eigenvalue weighted by molar-refractivity contribution is 6.16. The Morgan fingerprint density at radius 1 is 0.397 bits per heavy atom. The highest BCUT2D eigenvalue weighted by Crippen LogP contribution is 2.44. The first kappa shape index (κ1) is 36.3. The molecule has 3 nitrogen and oxygen atoms in total. The molecule has 0 heterocycles. The summed E-state index contributed by atoms with van der Waals surface area (Å²) in [6.07, 6.45) is 0. The van der Waals surface area contributed by atoms with Crippen LogP contribution < -0.4 is 0 Å². The monoisotopic (exact) mass is 748 g/mol. The van der Waals surface area contributed by atoms with Crippen LogP contribution in [0.2, 0.25) is 0 Å². The summed E-state index contributed by atoms with van der Waals surface area (Å²) in [6.45, 7) is 0. The second kappa shape index (κ2) is 15.7. The zero-order valence-electron chi connectivity index (χ0n) is 32.0. The molecule has 0 aliphatic rings. The van der Waals surface area contributed by atoms with Gasteiger partial charge in [-0.05, 0) is 94.7 Å². The predicted octanol–water partition coefficient (Wildman–Crippen LogP) is 13.4. The molecule has 0 atom stereocenters. The number of ether oxygens (including phenoxy) is 1. The van der Waals surface area contributed by atoms with E-state index in [4.69, 9.17) is 4.74 Å². The van der Waals surface area contributed by atoms with Gasteiger partial charge in [0.1, 0.15) is 5.60 Å². The van der Waals surface area contributed by atoms with Crippen molar-refractivity contribution < 1.29 is 14.6 Å². The van der Waals surface area contributed by atoms with E-state index in [9.17, 15) is 9.90 Å². The molecule has 10 rings (SSSR count). The van der Waals surface area contributed by atoms with Crippen LogP contribution in [0.25, 0.3) is 65.3 Å². The molecule has 1 N–H and O–H groups in total. The Morgan fingerprint density at radius 3 is 1.29 bits per heavy atom. The van der Waals surface area contributed by atoms with Crippen molar-refractivity contribution in [1.29, 1.82) is 0 Å². The number of rotatable bonds is 6. The number of hydrogen-bond acceptors (Lipinski definition) is 3. The Hall–Kier alpha value is -7.33. The maximum atomic E-state index is 12.6. The SMILES string of the molecule is COC(=O)c1ccccc1-c1cc2ccccc2c2ccccc12.OC(c1ccccc1)(c1ccccc1)c1ccccc1-c1cc2ccccc2c2ccccc12. The number of aliphatic hydroxyl groups is 1. The molecule has 0 aromatic heterocycles. The molecule has 0 unspecified atom stereocenters. The average Bonchev–Trinajstić information content (AvgIpc) is 3.31. The zero-order valence-corrected chi connectivity index (χ0v) is 32.0. The van der Waals surface area contributed by atoms with Gasteiger partial charge in [0.15, 0.2) is 0 Å². The standard InChI is InChI=1S/C33H24O.C22H16O2/c34-33(25-14-3-1-4-15-25,26-16-5-2-6-17-26)32-22-12-11-21-30(32)31-23-24-13-7-8-18-27(24)28-19-9-10-20-29(28)31;1-24-22(23)20-13-7-6-12-19(20)21-14-15-8-2-3-9-16(15)17-10-4-5-11-18(17)21/h1-23,34H;2-14H,1H3. The number of benzene rings is 10. The van der Waals surface area contributed by atoms with Crippen LogP contribution >= 0.6 is 0 Å². The van der Waals surface area contributed by atoms with Crippen molar-refractivity contribution in [3.8, 4) is 22.3 Å². The molecule has 3 heteroatoms. The minimum absolute atomic E-state index is 0.317. The van der Waals surface area contributed by atoms with E-state index in [0.717, 1.165) is 49.7 Å². The van der Waals surface area contributed by atoms with E-state index >= 15 is 0 Å². The van der Waals surface area contributed by atoms with Crippen LogP contribution in [0.3, 0.4) is 0 Å². The van der Waals surface area contributed by atoms with E-state index < -0.39 is 5.60 Å². The van der Waals surface area contributed by atoms with Gasteiger partial charge in [-0.3, -0.25) is 0 Å². The van der Waals surface area contributed by atoms with Gasteiger partial charge >= 0.3 is 5.97 Å². The quantitative estimate of drug-likeness (QED) is 0.105. The molecule has 0 radical (unpaired) electrons. The largest absolute Gasteiger partial charge is 0.465 e. The number of carbonyl (C=O) groups excluding carboxylic acids is 1. The first-order valence-corrected chi connectivity index (χ1v) is 19.5. The Morgan fingerprint density at radius 2 is 0.776 bits per heavy atom. The van der Waals surface area contributed by atoms with Crippen LogP contribution in [0, 0.1) is 0 Å². The van der Waals surface area contributed by atoms with Crippen LogP contribution in [0.5, 0.6) is 0 Å². The van der Waals surface area contributed by atoms with Crippen molar-refractivity contribution >= 4 is 49.1 Å². The summed E-state index contributed by atoms with van der Waals surface area (Å²) in [4.78, 5) is 12.2. The van der Waals surface area contributed by atoms with Crippen molar-refractivity contribution in [1.82, 2.24) is 0 Å². The van der Waals surface area contributed by atoms with E-state index in [1.54, 1.807) is 0 Å². The lowest BCUT2D eigenvalue weighted by Crippen LogP contribution is -2.29. The van der Waals surface area contributed by atoms with E-state index in [0.29, 0.717) is 5.56 Å². The van der Waals surface area contributed by atoms with Crippen LogP contribution in [-0.2, 0) is 10.3 Å². The lowest BCUT2D eigenvalue weighted by Gasteiger charge is -2.32. The number of hydrogen-bond donors (Lipinski definition) is 1. The minimum Gasteiger partial charge on any atom is -0.465 e. The molecule has 0 aliphatic carbocycles. The Kier molecular flexibility index (Phi) is 9.81. The third-order valence-electron chi connectivity index (χ3n) is 11.1. The van der Waals surface area contributed by atoms with Gasteiger partial charge in [-0.25, -0.2) is 4.79 Å². The lowest BCUT2D eigenvalue weighted by atomic mass is 9.76. The summed E-state index contributed by atoms with van der Waals surface area (Å²) in [5.74, 6) is -0.317.